The van der Waals surface area contributed by atoms with E-state index in [-0.39, 0.29) is 10.6 Å². The van der Waals surface area contributed by atoms with Crippen LogP contribution in [0.2, 0.25) is 0 Å². The number of nitrogens with two attached hydrogens (primary N) is 1. The van der Waals surface area contributed by atoms with E-state index in [2.05, 4.69) is 15.9 Å². The predicted molar refractivity (Wildman–Crippen MR) is 126 cm³/mol. The average Bonchev–Trinajstić information content (AvgIpc) is 2.84. The third-order valence-corrected chi connectivity index (χ3v) is 5.85. The van der Waals surface area contributed by atoms with Gasteiger partial charge in [0.2, 0.25) is 0 Å². The third kappa shape index (κ3) is 7.87. The molecule has 8 heteroatoms. The summed E-state index contributed by atoms with van der Waals surface area (Å²) in [6.45, 7) is 9.12. The summed E-state index contributed by atoms with van der Waals surface area (Å²) in [5, 5.41) is 10.8. The lowest BCUT2D eigenvalue weighted by Gasteiger charge is -2.26. The number of nitro benzene ring substituents is 1. The molecule has 2 aliphatic rings. The summed E-state index contributed by atoms with van der Waals surface area (Å²) >= 11 is 0. The second-order valence-corrected chi connectivity index (χ2v) is 7.99. The summed E-state index contributed by atoms with van der Waals surface area (Å²) in [7, 11) is 0. The highest BCUT2D eigenvalue weighted by Gasteiger charge is 2.15. The van der Waals surface area contributed by atoms with Gasteiger partial charge in [-0.2, -0.15) is 0 Å². The quantitative estimate of drug-likeness (QED) is 0.400. The minimum Gasteiger partial charge on any atom is -0.399 e. The van der Waals surface area contributed by atoms with Crippen molar-refractivity contribution < 1.29 is 14.4 Å². The first-order valence-electron chi connectivity index (χ1n) is 11.3. The lowest BCUT2D eigenvalue weighted by molar-refractivity contribution is -0.385. The van der Waals surface area contributed by atoms with Crippen LogP contribution in [0.1, 0.15) is 11.1 Å². The smallest absolute Gasteiger partial charge is 0.272 e. The fourth-order valence-electron chi connectivity index (χ4n) is 3.87. The Morgan fingerprint density at radius 2 is 1.25 bits per heavy atom. The number of ether oxygens (including phenoxy) is 2. The number of nitro groups is 1. The van der Waals surface area contributed by atoms with Crippen LogP contribution < -0.4 is 5.73 Å². The van der Waals surface area contributed by atoms with Gasteiger partial charge in [-0.05, 0) is 24.5 Å². The number of morpholine rings is 2. The number of nitrogens with zero attached hydrogens (tertiary/aromatic N) is 3. The van der Waals surface area contributed by atoms with Gasteiger partial charge < -0.3 is 15.2 Å². The molecule has 0 aromatic heterocycles. The Morgan fingerprint density at radius 3 is 1.78 bits per heavy atom. The molecule has 0 radical (unpaired) electrons. The Kier molecular flexibility index (Phi) is 9.90. The molecule has 32 heavy (non-hydrogen) atoms. The van der Waals surface area contributed by atoms with Crippen LogP contribution in [0, 0.1) is 10.1 Å². The largest absolute Gasteiger partial charge is 0.399 e. The lowest BCUT2D eigenvalue weighted by atomic mass is 10.1. The molecule has 2 N–H and O–H groups in total. The molecule has 0 aliphatic carbocycles. The molecule has 2 aliphatic heterocycles. The molecule has 8 nitrogen and oxygen atoms in total. The first-order valence-corrected chi connectivity index (χ1v) is 11.3. The number of benzene rings is 2. The van der Waals surface area contributed by atoms with Gasteiger partial charge in [-0.15, -0.1) is 0 Å². The zero-order valence-corrected chi connectivity index (χ0v) is 18.7. The minimum absolute atomic E-state index is 0.223. The van der Waals surface area contributed by atoms with Crippen molar-refractivity contribution in [1.82, 2.24) is 9.80 Å². The summed E-state index contributed by atoms with van der Waals surface area (Å²) < 4.78 is 10.6. The van der Waals surface area contributed by atoms with Gasteiger partial charge in [-0.25, -0.2) is 0 Å². The SMILES string of the molecule is Nc1ccccc1CCN1CCOCC1.O=[N+]([O-])c1ccccc1CCN1CCOCC1. The molecule has 0 unspecified atom stereocenters. The van der Waals surface area contributed by atoms with Crippen molar-refractivity contribution in [3.05, 3.63) is 69.8 Å². The van der Waals surface area contributed by atoms with E-state index in [1.807, 2.05) is 30.3 Å². The van der Waals surface area contributed by atoms with Crippen molar-refractivity contribution in [2.45, 2.75) is 12.8 Å². The maximum Gasteiger partial charge on any atom is 0.272 e. The van der Waals surface area contributed by atoms with Gasteiger partial charge in [0.25, 0.3) is 5.69 Å². The number of nitrogen functional groups attached to an aromatic ring is 1. The van der Waals surface area contributed by atoms with Crippen LogP contribution in [-0.4, -0.2) is 80.4 Å². The van der Waals surface area contributed by atoms with Crippen LogP contribution in [0.4, 0.5) is 11.4 Å². The summed E-state index contributed by atoms with van der Waals surface area (Å²) in [6, 6.07) is 15.0. The van der Waals surface area contributed by atoms with E-state index in [4.69, 9.17) is 15.2 Å². The van der Waals surface area contributed by atoms with E-state index >= 15 is 0 Å². The Hall–Kier alpha value is -2.52. The fraction of sp³-hybridized carbons (Fsp3) is 0.500. The Balaban J connectivity index is 0.000000182. The van der Waals surface area contributed by atoms with Crippen molar-refractivity contribution in [2.75, 3.05) is 71.4 Å². The molecular weight excluding hydrogens is 408 g/mol. The van der Waals surface area contributed by atoms with Crippen LogP contribution in [0.15, 0.2) is 48.5 Å². The van der Waals surface area contributed by atoms with E-state index < -0.39 is 0 Å². The highest BCUT2D eigenvalue weighted by Crippen LogP contribution is 2.18. The number of hydrogen-bond acceptors (Lipinski definition) is 7. The van der Waals surface area contributed by atoms with Gasteiger partial charge in [0.05, 0.1) is 31.4 Å². The van der Waals surface area contributed by atoms with Gasteiger partial charge in [0.15, 0.2) is 0 Å². The second-order valence-electron chi connectivity index (χ2n) is 7.99. The molecule has 0 atom stereocenters. The average molecular weight is 443 g/mol. The van der Waals surface area contributed by atoms with Gasteiger partial charge in [0.1, 0.15) is 0 Å². The van der Waals surface area contributed by atoms with Gasteiger partial charge >= 0.3 is 0 Å². The van der Waals surface area contributed by atoms with E-state index in [1.54, 1.807) is 12.1 Å². The van der Waals surface area contributed by atoms with Crippen molar-refractivity contribution in [1.29, 1.82) is 0 Å². The molecule has 0 saturated carbocycles. The van der Waals surface area contributed by atoms with E-state index in [0.29, 0.717) is 0 Å². The Bertz CT molecular complexity index is 836. The van der Waals surface area contributed by atoms with Crippen molar-refractivity contribution in [2.24, 2.45) is 0 Å². The summed E-state index contributed by atoms with van der Waals surface area (Å²) in [5.41, 5.74) is 9.09. The predicted octanol–water partition coefficient (Wildman–Crippen LogP) is 2.61. The molecule has 0 spiro atoms. The molecule has 0 amide bonds. The van der Waals surface area contributed by atoms with Gasteiger partial charge in [0, 0.05) is 56.6 Å². The molecule has 2 aromatic carbocycles. The van der Waals surface area contributed by atoms with Crippen LogP contribution >= 0.6 is 0 Å². The van der Waals surface area contributed by atoms with Crippen LogP contribution in [0.3, 0.4) is 0 Å². The van der Waals surface area contributed by atoms with E-state index in [0.717, 1.165) is 89.8 Å². The summed E-state index contributed by atoms with van der Waals surface area (Å²) in [4.78, 5) is 15.2. The third-order valence-electron chi connectivity index (χ3n) is 5.85. The van der Waals surface area contributed by atoms with Crippen molar-refractivity contribution in [3.8, 4) is 0 Å². The molecule has 2 saturated heterocycles. The lowest BCUT2D eigenvalue weighted by Crippen LogP contribution is -2.37. The molecular formula is C24H34N4O4. The Morgan fingerprint density at radius 1 is 0.781 bits per heavy atom. The number of hydrogen-bond donors (Lipinski definition) is 1. The van der Waals surface area contributed by atoms with Gasteiger partial charge in [-0.1, -0.05) is 36.4 Å². The molecule has 0 bridgehead atoms. The molecule has 4 rings (SSSR count). The van der Waals surface area contributed by atoms with Crippen LogP contribution in [0.25, 0.3) is 0 Å². The first-order chi connectivity index (χ1) is 15.6. The number of para-hydroxylation sites is 2. The van der Waals surface area contributed by atoms with E-state index in [1.165, 1.54) is 5.56 Å². The molecule has 2 heterocycles. The Labute approximate surface area is 190 Å². The standard InChI is InChI=1S/C12H16N2O3.C12H18N2O/c15-14(16)12-4-2-1-3-11(12)5-6-13-7-9-17-10-8-13;13-12-4-2-1-3-11(12)5-6-14-7-9-15-10-8-14/h1-4H,5-10H2;1-4H,5-10,13H2. The monoisotopic (exact) mass is 442 g/mol. The van der Waals surface area contributed by atoms with Crippen LogP contribution in [0.5, 0.6) is 0 Å². The van der Waals surface area contributed by atoms with Crippen molar-refractivity contribution in [3.63, 3.8) is 0 Å². The number of rotatable bonds is 7. The topological polar surface area (TPSA) is 94.1 Å². The highest BCUT2D eigenvalue weighted by atomic mass is 16.6. The summed E-state index contributed by atoms with van der Waals surface area (Å²) in [5.74, 6) is 0. The minimum atomic E-state index is -0.311. The first kappa shape index (κ1) is 24.1. The molecule has 2 aromatic rings. The van der Waals surface area contributed by atoms with Gasteiger partial charge in [-0.3, -0.25) is 19.9 Å². The fourth-order valence-corrected chi connectivity index (χ4v) is 3.87. The van der Waals surface area contributed by atoms with Crippen molar-refractivity contribution >= 4 is 11.4 Å². The maximum absolute atomic E-state index is 10.8. The summed E-state index contributed by atoms with van der Waals surface area (Å²) in [6.07, 6.45) is 1.75. The molecule has 174 valence electrons. The zero-order valence-electron chi connectivity index (χ0n) is 18.7. The molecule has 2 fully saturated rings. The van der Waals surface area contributed by atoms with Crippen LogP contribution in [-0.2, 0) is 22.3 Å². The van der Waals surface area contributed by atoms with E-state index in [9.17, 15) is 10.1 Å². The normalized spacial score (nSPS) is 17.4. The highest BCUT2D eigenvalue weighted by molar-refractivity contribution is 5.46. The number of anilines is 1. The maximum atomic E-state index is 10.8. The second kappa shape index (κ2) is 13.1. The zero-order chi connectivity index (χ0) is 22.6.